The fourth-order valence-corrected chi connectivity index (χ4v) is 2.16. The van der Waals surface area contributed by atoms with Gasteiger partial charge >= 0.3 is 11.9 Å². The SMILES string of the molecule is Cc1c(C(F)(F)C(=O)O)c(=O)[nH]c2ccnc(Cl)c12. The molecule has 2 aromatic heterocycles. The van der Waals surface area contributed by atoms with Crippen LogP contribution in [0, 0.1) is 6.92 Å². The number of aromatic nitrogens is 2. The van der Waals surface area contributed by atoms with E-state index in [2.05, 4.69) is 9.97 Å². The number of H-pyrrole nitrogens is 1. The Labute approximate surface area is 109 Å². The number of hydrogen-bond acceptors (Lipinski definition) is 3. The van der Waals surface area contributed by atoms with Crippen molar-refractivity contribution >= 4 is 28.5 Å². The Morgan fingerprint density at radius 1 is 1.53 bits per heavy atom. The van der Waals surface area contributed by atoms with Gasteiger partial charge in [0.2, 0.25) is 0 Å². The second-order valence-corrected chi connectivity index (χ2v) is 4.22. The maximum atomic E-state index is 13.6. The lowest BCUT2D eigenvalue weighted by Crippen LogP contribution is -2.33. The van der Waals surface area contributed by atoms with Gasteiger partial charge in [0.05, 0.1) is 5.52 Å². The second-order valence-electron chi connectivity index (χ2n) is 3.86. The van der Waals surface area contributed by atoms with Crippen LogP contribution < -0.4 is 5.56 Å². The number of carbonyl (C=O) groups is 1. The van der Waals surface area contributed by atoms with Gasteiger partial charge in [0.25, 0.3) is 5.56 Å². The summed E-state index contributed by atoms with van der Waals surface area (Å²) in [5.41, 5.74) is -2.29. The number of halogens is 3. The fraction of sp³-hybridized carbons (Fsp3) is 0.182. The topological polar surface area (TPSA) is 83.0 Å². The van der Waals surface area contributed by atoms with Gasteiger partial charge in [0, 0.05) is 11.6 Å². The van der Waals surface area contributed by atoms with E-state index in [9.17, 15) is 18.4 Å². The number of rotatable bonds is 2. The van der Waals surface area contributed by atoms with Crippen LogP contribution in [0.4, 0.5) is 8.78 Å². The van der Waals surface area contributed by atoms with Crippen LogP contribution in [0.15, 0.2) is 17.1 Å². The summed E-state index contributed by atoms with van der Waals surface area (Å²) in [6.07, 6.45) is 1.30. The van der Waals surface area contributed by atoms with Gasteiger partial charge in [-0.2, -0.15) is 8.78 Å². The molecule has 0 aliphatic rings. The van der Waals surface area contributed by atoms with Gasteiger partial charge in [-0.15, -0.1) is 0 Å². The zero-order valence-corrected chi connectivity index (χ0v) is 10.3. The first-order valence-electron chi connectivity index (χ1n) is 5.05. The fourth-order valence-electron chi connectivity index (χ4n) is 1.86. The lowest BCUT2D eigenvalue weighted by molar-refractivity contribution is -0.166. The van der Waals surface area contributed by atoms with E-state index < -0.39 is 23.0 Å². The summed E-state index contributed by atoms with van der Waals surface area (Å²) in [6, 6.07) is 1.39. The highest BCUT2D eigenvalue weighted by Gasteiger charge is 2.45. The summed E-state index contributed by atoms with van der Waals surface area (Å²) in [5, 5.41) is 8.54. The average molecular weight is 289 g/mol. The Bertz CT molecular complexity index is 743. The number of carboxylic acids is 1. The Kier molecular flexibility index (Phi) is 3.01. The predicted octanol–water partition coefficient (Wildman–Crippen LogP) is 2.06. The number of aliphatic carboxylic acids is 1. The van der Waals surface area contributed by atoms with E-state index >= 15 is 0 Å². The van der Waals surface area contributed by atoms with E-state index in [0.29, 0.717) is 0 Å². The van der Waals surface area contributed by atoms with Gasteiger partial charge in [-0.25, -0.2) is 9.78 Å². The molecular formula is C11H7ClF2N2O3. The number of carboxylic acid groups (broad SMARTS) is 1. The molecular weight excluding hydrogens is 282 g/mol. The van der Waals surface area contributed by atoms with Gasteiger partial charge in [0.1, 0.15) is 10.7 Å². The van der Waals surface area contributed by atoms with E-state index in [4.69, 9.17) is 16.7 Å². The zero-order chi connectivity index (χ0) is 14.4. The van der Waals surface area contributed by atoms with Crippen molar-refractivity contribution in [3.05, 3.63) is 38.9 Å². The molecule has 0 aliphatic heterocycles. The molecule has 0 aromatic carbocycles. The zero-order valence-electron chi connectivity index (χ0n) is 9.50. The van der Waals surface area contributed by atoms with Crippen molar-refractivity contribution in [2.75, 3.05) is 0 Å². The third kappa shape index (κ3) is 1.95. The van der Waals surface area contributed by atoms with Crippen LogP contribution in [0.1, 0.15) is 11.1 Å². The van der Waals surface area contributed by atoms with E-state index in [1.807, 2.05) is 0 Å². The lowest BCUT2D eigenvalue weighted by Gasteiger charge is -2.15. The Balaban J connectivity index is 2.95. The van der Waals surface area contributed by atoms with Crippen molar-refractivity contribution in [3.63, 3.8) is 0 Å². The number of alkyl halides is 2. The Morgan fingerprint density at radius 3 is 2.74 bits per heavy atom. The molecule has 0 saturated heterocycles. The summed E-state index contributed by atoms with van der Waals surface area (Å²) in [7, 11) is 0. The predicted molar refractivity (Wildman–Crippen MR) is 63.6 cm³/mol. The quantitative estimate of drug-likeness (QED) is 0.829. The summed E-state index contributed by atoms with van der Waals surface area (Å²) >= 11 is 5.79. The smallest absolute Gasteiger partial charge is 0.379 e. The summed E-state index contributed by atoms with van der Waals surface area (Å²) in [4.78, 5) is 28.1. The largest absolute Gasteiger partial charge is 0.477 e. The summed E-state index contributed by atoms with van der Waals surface area (Å²) in [5.74, 6) is -6.70. The molecule has 0 atom stereocenters. The van der Waals surface area contributed by atoms with Gasteiger partial charge in [-0.1, -0.05) is 11.6 Å². The van der Waals surface area contributed by atoms with Crippen molar-refractivity contribution in [2.45, 2.75) is 12.8 Å². The van der Waals surface area contributed by atoms with Gasteiger partial charge in [-0.05, 0) is 18.6 Å². The molecule has 0 saturated carbocycles. The molecule has 8 heteroatoms. The minimum Gasteiger partial charge on any atom is -0.477 e. The van der Waals surface area contributed by atoms with Crippen molar-refractivity contribution in [1.29, 1.82) is 0 Å². The molecule has 0 amide bonds. The molecule has 0 aliphatic carbocycles. The van der Waals surface area contributed by atoms with Crippen molar-refractivity contribution in [1.82, 2.24) is 9.97 Å². The third-order valence-corrected chi connectivity index (χ3v) is 3.00. The number of pyridine rings is 2. The molecule has 19 heavy (non-hydrogen) atoms. The Morgan fingerprint density at radius 2 is 2.16 bits per heavy atom. The molecule has 2 aromatic rings. The van der Waals surface area contributed by atoms with Gasteiger partial charge in [-0.3, -0.25) is 4.79 Å². The standard InChI is InChI=1S/C11H7ClF2N2O3/c1-4-6-5(2-3-15-8(6)12)16-9(17)7(4)11(13,14)10(18)19/h2-3H,1H3,(H,16,17)(H,18,19). The van der Waals surface area contributed by atoms with Crippen LogP contribution in [0.5, 0.6) is 0 Å². The highest BCUT2D eigenvalue weighted by atomic mass is 35.5. The first-order valence-corrected chi connectivity index (χ1v) is 5.43. The van der Waals surface area contributed by atoms with E-state index in [-0.39, 0.29) is 21.6 Å². The van der Waals surface area contributed by atoms with Crippen LogP contribution in [0.25, 0.3) is 10.9 Å². The lowest BCUT2D eigenvalue weighted by atomic mass is 10.0. The maximum Gasteiger partial charge on any atom is 0.379 e. The number of fused-ring (bicyclic) bond motifs is 1. The van der Waals surface area contributed by atoms with Crippen molar-refractivity contribution < 1.29 is 18.7 Å². The monoisotopic (exact) mass is 288 g/mol. The molecule has 5 nitrogen and oxygen atoms in total. The molecule has 2 heterocycles. The minimum atomic E-state index is -4.30. The number of aromatic amines is 1. The third-order valence-electron chi connectivity index (χ3n) is 2.71. The number of nitrogens with zero attached hydrogens (tertiary/aromatic N) is 1. The van der Waals surface area contributed by atoms with Crippen LogP contribution in [0.2, 0.25) is 5.15 Å². The second kappa shape index (κ2) is 4.27. The molecule has 100 valence electrons. The van der Waals surface area contributed by atoms with Crippen molar-refractivity contribution in [3.8, 4) is 0 Å². The summed E-state index contributed by atoms with van der Waals surface area (Å²) < 4.78 is 27.2. The van der Waals surface area contributed by atoms with E-state index in [1.54, 1.807) is 0 Å². The van der Waals surface area contributed by atoms with Crippen LogP contribution in [-0.4, -0.2) is 21.0 Å². The average Bonchev–Trinajstić information content (AvgIpc) is 2.27. The molecule has 0 unspecified atom stereocenters. The van der Waals surface area contributed by atoms with Gasteiger partial charge in [0.15, 0.2) is 0 Å². The number of aryl methyl sites for hydroxylation is 1. The molecule has 0 spiro atoms. The summed E-state index contributed by atoms with van der Waals surface area (Å²) in [6.45, 7) is 1.21. The van der Waals surface area contributed by atoms with Crippen LogP contribution >= 0.6 is 11.6 Å². The molecule has 2 rings (SSSR count). The number of hydrogen-bond donors (Lipinski definition) is 2. The first kappa shape index (κ1) is 13.4. The molecule has 2 N–H and O–H groups in total. The number of nitrogens with one attached hydrogen (secondary N) is 1. The molecule has 0 radical (unpaired) electrons. The van der Waals surface area contributed by atoms with Gasteiger partial charge < -0.3 is 10.1 Å². The maximum absolute atomic E-state index is 13.6. The van der Waals surface area contributed by atoms with E-state index in [1.165, 1.54) is 19.2 Å². The van der Waals surface area contributed by atoms with Crippen LogP contribution in [0.3, 0.4) is 0 Å². The highest BCUT2D eigenvalue weighted by Crippen LogP contribution is 2.32. The Hall–Kier alpha value is -2.02. The minimum absolute atomic E-state index is 0.0892. The molecule has 0 bridgehead atoms. The first-order chi connectivity index (χ1) is 8.76. The van der Waals surface area contributed by atoms with Crippen LogP contribution in [-0.2, 0) is 10.7 Å². The normalized spacial score (nSPS) is 11.8. The highest BCUT2D eigenvalue weighted by molar-refractivity contribution is 6.34. The van der Waals surface area contributed by atoms with E-state index in [0.717, 1.165) is 0 Å². The van der Waals surface area contributed by atoms with Crippen molar-refractivity contribution in [2.24, 2.45) is 0 Å². The molecule has 0 fully saturated rings.